The van der Waals surface area contributed by atoms with E-state index in [1.54, 1.807) is 36.4 Å². The Hall–Kier alpha value is 0.920. The molecule has 3 N–H and O–H groups in total. The summed E-state index contributed by atoms with van der Waals surface area (Å²) in [5, 5.41) is 26.1. The van der Waals surface area contributed by atoms with E-state index in [2.05, 4.69) is 31.9 Å². The number of hydrogen-bond acceptors (Lipinski definition) is 4. The summed E-state index contributed by atoms with van der Waals surface area (Å²) in [4.78, 5) is 0. The molecule has 0 saturated heterocycles. The molecule has 0 aliphatic heterocycles. The van der Waals surface area contributed by atoms with Crippen LogP contribution < -0.4 is 64.2 Å². The molecule has 0 amide bonds. The molecule has 0 heterocycles. The van der Waals surface area contributed by atoms with Crippen molar-refractivity contribution < 1.29 is 79.9 Å². The minimum atomic E-state index is 0. The number of rotatable bonds is 0. The van der Waals surface area contributed by atoms with Gasteiger partial charge < -0.3 is 20.8 Å². The van der Waals surface area contributed by atoms with Crippen molar-refractivity contribution in [2.75, 3.05) is 7.11 Å². The fourth-order valence-electron chi connectivity index (χ4n) is 0.876. The van der Waals surface area contributed by atoms with Crippen molar-refractivity contribution in [3.05, 3.63) is 57.5 Å². The summed E-state index contributed by atoms with van der Waals surface area (Å²) in [6, 6.07) is 13.3. The van der Waals surface area contributed by atoms with Crippen LogP contribution in [-0.2, 0) is 0 Å². The summed E-state index contributed by atoms with van der Waals surface area (Å²) in [7, 11) is 1.00. The SMILES string of the molecule is CO.Oc1ccc(Br)cc1.[Na+].[Na+].[O-]c1ccc(Br)cc1.[OH-]. The van der Waals surface area contributed by atoms with Gasteiger partial charge in [-0.2, -0.15) is 0 Å². The van der Waals surface area contributed by atoms with E-state index in [-0.39, 0.29) is 70.3 Å². The van der Waals surface area contributed by atoms with Crippen LogP contribution in [0.5, 0.6) is 11.5 Å². The quantitative estimate of drug-likeness (QED) is 0.431. The number of phenols is 1. The van der Waals surface area contributed by atoms with E-state index < -0.39 is 0 Å². The molecule has 0 spiro atoms. The van der Waals surface area contributed by atoms with Crippen molar-refractivity contribution in [3.8, 4) is 11.5 Å². The Balaban J connectivity index is -0.000000109. The summed E-state index contributed by atoms with van der Waals surface area (Å²) >= 11 is 6.44. The van der Waals surface area contributed by atoms with Crippen LogP contribution in [0.1, 0.15) is 0 Å². The van der Waals surface area contributed by atoms with Crippen molar-refractivity contribution in [3.63, 3.8) is 0 Å². The van der Waals surface area contributed by atoms with Gasteiger partial charge in [-0.15, -0.1) is 5.75 Å². The van der Waals surface area contributed by atoms with Gasteiger partial charge in [0.1, 0.15) is 5.75 Å². The van der Waals surface area contributed by atoms with Crippen LogP contribution in [0.15, 0.2) is 57.5 Å². The number of aliphatic hydroxyl groups excluding tert-OH is 1. The summed E-state index contributed by atoms with van der Waals surface area (Å²) < 4.78 is 1.92. The monoisotopic (exact) mass is 438 g/mol. The largest absolute Gasteiger partial charge is 1.00 e. The maximum Gasteiger partial charge on any atom is 1.00 e. The standard InChI is InChI=1S/2C6H5BrO.CH4O.2Na.H2O/c2*7-5-1-3-6(8)4-2-5;1-2;;;/h2*1-4,8H;2H,1H3;;;1H2/q;;;2*+1;/p-2. The minimum Gasteiger partial charge on any atom is -0.872 e. The van der Waals surface area contributed by atoms with Gasteiger partial charge in [-0.05, 0) is 36.4 Å². The number of aromatic hydroxyl groups is 1. The molecule has 0 fully saturated rings. The molecule has 0 unspecified atom stereocenters. The van der Waals surface area contributed by atoms with Crippen LogP contribution in [0.25, 0.3) is 0 Å². The van der Waals surface area contributed by atoms with E-state index in [9.17, 15) is 5.11 Å². The molecule has 0 aliphatic carbocycles. The van der Waals surface area contributed by atoms with Gasteiger partial charge in [-0.25, -0.2) is 0 Å². The molecule has 0 saturated carbocycles. The van der Waals surface area contributed by atoms with Crippen LogP contribution >= 0.6 is 31.9 Å². The van der Waals surface area contributed by atoms with Crippen LogP contribution in [0, 0.1) is 0 Å². The fourth-order valence-corrected chi connectivity index (χ4v) is 1.40. The predicted molar refractivity (Wildman–Crippen MR) is 79.5 cm³/mol. The van der Waals surface area contributed by atoms with E-state index >= 15 is 0 Å². The van der Waals surface area contributed by atoms with Gasteiger partial charge in [-0.1, -0.05) is 44.0 Å². The Bertz CT molecular complexity index is 353. The Morgan fingerprint density at radius 2 is 1.05 bits per heavy atom. The first-order chi connectivity index (χ1) is 8.58. The second-order valence-corrected chi connectivity index (χ2v) is 4.76. The molecule has 2 aromatic rings. The first-order valence-corrected chi connectivity index (χ1v) is 6.48. The number of hydrogen-bond donors (Lipinski definition) is 2. The molecule has 0 bridgehead atoms. The molecule has 0 atom stereocenters. The van der Waals surface area contributed by atoms with Gasteiger partial charge in [0.25, 0.3) is 0 Å². The summed E-state index contributed by atoms with van der Waals surface area (Å²) in [5.41, 5.74) is 0. The summed E-state index contributed by atoms with van der Waals surface area (Å²) in [6.45, 7) is 0. The van der Waals surface area contributed by atoms with Crippen LogP contribution in [0.4, 0.5) is 0 Å². The zero-order valence-corrected chi connectivity index (χ0v) is 19.3. The van der Waals surface area contributed by atoms with Crippen molar-refractivity contribution in [1.29, 1.82) is 0 Å². The van der Waals surface area contributed by atoms with Crippen LogP contribution in [-0.4, -0.2) is 22.8 Å². The Labute approximate surface area is 185 Å². The molecule has 0 radical (unpaired) electrons. The second kappa shape index (κ2) is 19.0. The van der Waals surface area contributed by atoms with E-state index in [4.69, 9.17) is 10.2 Å². The Morgan fingerprint density at radius 1 is 0.762 bits per heavy atom. The normalized spacial score (nSPS) is 7.24. The molecule has 4 nitrogen and oxygen atoms in total. The maximum atomic E-state index is 10.4. The zero-order valence-electron chi connectivity index (χ0n) is 12.1. The fraction of sp³-hybridized carbons (Fsp3) is 0.0769. The van der Waals surface area contributed by atoms with Gasteiger partial charge in [0.2, 0.25) is 0 Å². The molecular weight excluding hydrogens is 426 g/mol. The Kier molecular flexibility index (Phi) is 27.0. The molecule has 8 heteroatoms. The van der Waals surface area contributed by atoms with Gasteiger partial charge in [0.15, 0.2) is 0 Å². The maximum absolute atomic E-state index is 10.4. The number of halogens is 2. The van der Waals surface area contributed by atoms with Gasteiger partial charge in [-0.3, -0.25) is 0 Å². The number of benzene rings is 2. The third-order valence-electron chi connectivity index (χ3n) is 1.64. The number of phenolic OH excluding ortho intramolecular Hbond substituents is 1. The smallest absolute Gasteiger partial charge is 0.872 e. The summed E-state index contributed by atoms with van der Waals surface area (Å²) in [6.07, 6.45) is 0. The second-order valence-electron chi connectivity index (χ2n) is 2.93. The molecule has 2 aromatic carbocycles. The van der Waals surface area contributed by atoms with Crippen molar-refractivity contribution in [1.82, 2.24) is 0 Å². The van der Waals surface area contributed by atoms with Crippen molar-refractivity contribution >= 4 is 31.9 Å². The molecule has 2 rings (SSSR count). The molecular formula is C13H14Br2Na2O4. The third kappa shape index (κ3) is 17.1. The van der Waals surface area contributed by atoms with E-state index in [1.807, 2.05) is 0 Å². The van der Waals surface area contributed by atoms with Gasteiger partial charge in [0.05, 0.1) is 0 Å². The van der Waals surface area contributed by atoms with E-state index in [1.165, 1.54) is 12.1 Å². The van der Waals surface area contributed by atoms with Crippen LogP contribution in [0.2, 0.25) is 0 Å². The zero-order chi connectivity index (χ0) is 14.0. The first kappa shape index (κ1) is 29.9. The molecule has 0 aromatic heterocycles. The topological polar surface area (TPSA) is 93.5 Å². The van der Waals surface area contributed by atoms with Crippen molar-refractivity contribution in [2.24, 2.45) is 0 Å². The average molecular weight is 440 g/mol. The molecule has 21 heavy (non-hydrogen) atoms. The first-order valence-electron chi connectivity index (χ1n) is 4.90. The molecule has 0 aliphatic rings. The third-order valence-corrected chi connectivity index (χ3v) is 2.70. The van der Waals surface area contributed by atoms with E-state index in [0.717, 1.165) is 16.1 Å². The predicted octanol–water partition coefficient (Wildman–Crippen LogP) is -2.88. The number of aliphatic hydroxyl groups is 1. The average Bonchev–Trinajstić information content (AvgIpc) is 2.40. The van der Waals surface area contributed by atoms with Crippen LogP contribution in [0.3, 0.4) is 0 Å². The van der Waals surface area contributed by atoms with Gasteiger partial charge in [0, 0.05) is 16.1 Å². The Morgan fingerprint density at radius 3 is 1.29 bits per heavy atom. The van der Waals surface area contributed by atoms with Crippen molar-refractivity contribution in [2.45, 2.75) is 0 Å². The minimum absolute atomic E-state index is 0. The summed E-state index contributed by atoms with van der Waals surface area (Å²) in [5.74, 6) is 0.349. The van der Waals surface area contributed by atoms with E-state index in [0.29, 0.717) is 5.75 Å². The van der Waals surface area contributed by atoms with Gasteiger partial charge >= 0.3 is 59.1 Å². The molecule has 106 valence electrons.